The monoisotopic (exact) mass is 210 g/mol. The Morgan fingerprint density at radius 1 is 0.875 bits per heavy atom. The van der Waals surface area contributed by atoms with E-state index in [9.17, 15) is 0 Å². The molecule has 0 saturated carbocycles. The molecule has 1 aliphatic rings. The maximum absolute atomic E-state index is 3.25. The molecule has 0 radical (unpaired) electrons. The van der Waals surface area contributed by atoms with Crippen molar-refractivity contribution >= 4 is 0 Å². The Morgan fingerprint density at radius 2 is 1.69 bits per heavy atom. The molecule has 0 N–H and O–H groups in total. The van der Waals surface area contributed by atoms with E-state index >= 15 is 0 Å². The SMILES string of the molecule is C1=CC=CC=1CCCCCc1ccccc1. The van der Waals surface area contributed by atoms with Gasteiger partial charge in [-0.1, -0.05) is 48.9 Å². The van der Waals surface area contributed by atoms with Crippen molar-refractivity contribution in [1.29, 1.82) is 0 Å². The Bertz CT molecular complexity index is 403. The Hall–Kier alpha value is -1.52. The average Bonchev–Trinajstić information content (AvgIpc) is 2.83. The minimum atomic E-state index is 1.18. The molecule has 0 bridgehead atoms. The van der Waals surface area contributed by atoms with E-state index in [4.69, 9.17) is 0 Å². The predicted octanol–water partition coefficient (Wildman–Crippen LogP) is 4.44. The molecular formula is C16H18. The molecule has 0 amide bonds. The zero-order chi connectivity index (χ0) is 11.1. The number of hydrogen-bond donors (Lipinski definition) is 0. The second-order valence-electron chi connectivity index (χ2n) is 4.24. The molecule has 0 heteroatoms. The van der Waals surface area contributed by atoms with Gasteiger partial charge in [-0.15, -0.1) is 5.73 Å². The lowest BCUT2D eigenvalue weighted by molar-refractivity contribution is 0.680. The summed E-state index contributed by atoms with van der Waals surface area (Å²) in [4.78, 5) is 0. The summed E-state index contributed by atoms with van der Waals surface area (Å²) in [5.41, 5.74) is 6.07. The molecule has 82 valence electrons. The van der Waals surface area contributed by atoms with E-state index in [0.717, 1.165) is 0 Å². The fourth-order valence-electron chi connectivity index (χ4n) is 1.99. The number of hydrogen-bond acceptors (Lipinski definition) is 0. The fraction of sp³-hybridized carbons (Fsp3) is 0.312. The Kier molecular flexibility index (Phi) is 4.22. The minimum absolute atomic E-state index is 1.18. The predicted molar refractivity (Wildman–Crippen MR) is 69.4 cm³/mol. The van der Waals surface area contributed by atoms with Gasteiger partial charge in [0, 0.05) is 0 Å². The maximum atomic E-state index is 3.25. The van der Waals surface area contributed by atoms with Gasteiger partial charge in [0.15, 0.2) is 0 Å². The van der Waals surface area contributed by atoms with Gasteiger partial charge in [0.05, 0.1) is 0 Å². The molecule has 0 aliphatic heterocycles. The normalized spacial score (nSPS) is 13.1. The first kappa shape index (κ1) is 11.0. The average molecular weight is 210 g/mol. The summed E-state index contributed by atoms with van der Waals surface area (Å²) < 4.78 is 0. The zero-order valence-electron chi connectivity index (χ0n) is 9.65. The van der Waals surface area contributed by atoms with E-state index in [0.29, 0.717) is 0 Å². The third-order valence-corrected chi connectivity index (χ3v) is 2.92. The van der Waals surface area contributed by atoms with Gasteiger partial charge in [0.25, 0.3) is 0 Å². The van der Waals surface area contributed by atoms with Crippen molar-refractivity contribution in [3.8, 4) is 0 Å². The van der Waals surface area contributed by atoms with Crippen LogP contribution in [-0.2, 0) is 6.42 Å². The highest BCUT2D eigenvalue weighted by atomic mass is 14.0. The van der Waals surface area contributed by atoms with E-state index in [1.165, 1.54) is 43.2 Å². The molecule has 1 aliphatic carbocycles. The summed E-state index contributed by atoms with van der Waals surface area (Å²) in [6, 6.07) is 10.7. The molecule has 0 fully saturated rings. The first-order chi connectivity index (χ1) is 7.95. The van der Waals surface area contributed by atoms with E-state index in [1.807, 2.05) is 6.08 Å². The maximum Gasteiger partial charge on any atom is -0.00601 e. The van der Waals surface area contributed by atoms with Crippen LogP contribution in [0, 0.1) is 0 Å². The number of allylic oxidation sites excluding steroid dienone is 3. The summed E-state index contributed by atoms with van der Waals surface area (Å²) in [5.74, 6) is 0. The van der Waals surface area contributed by atoms with Gasteiger partial charge >= 0.3 is 0 Å². The van der Waals surface area contributed by atoms with Crippen LogP contribution in [0.15, 0.2) is 59.9 Å². The molecule has 0 unspecified atom stereocenters. The molecule has 0 atom stereocenters. The lowest BCUT2D eigenvalue weighted by atomic mass is 10.0. The summed E-state index contributed by atoms with van der Waals surface area (Å²) in [6.07, 6.45) is 12.5. The molecule has 0 nitrogen and oxygen atoms in total. The van der Waals surface area contributed by atoms with E-state index < -0.39 is 0 Å². The summed E-state index contributed by atoms with van der Waals surface area (Å²) >= 11 is 0. The van der Waals surface area contributed by atoms with E-state index in [-0.39, 0.29) is 0 Å². The van der Waals surface area contributed by atoms with Gasteiger partial charge in [-0.3, -0.25) is 0 Å². The van der Waals surface area contributed by atoms with Crippen LogP contribution >= 0.6 is 0 Å². The standard InChI is InChI=1S/C16H18/c1-3-9-15(10-4-1)11-5-2-6-12-16-13-7-8-14-16/h1,3-4,7-10,13H,2,5-6,11-12H2. The molecule has 0 heterocycles. The van der Waals surface area contributed by atoms with Crippen LogP contribution in [0.1, 0.15) is 31.2 Å². The fourth-order valence-corrected chi connectivity index (χ4v) is 1.99. The van der Waals surface area contributed by atoms with Crippen LogP contribution in [0.5, 0.6) is 0 Å². The number of aryl methyl sites for hydroxylation is 1. The highest BCUT2D eigenvalue weighted by Gasteiger charge is 1.96. The first-order valence-corrected chi connectivity index (χ1v) is 6.11. The molecule has 0 aromatic heterocycles. The van der Waals surface area contributed by atoms with Crippen molar-refractivity contribution in [2.45, 2.75) is 32.1 Å². The van der Waals surface area contributed by atoms with Crippen LogP contribution < -0.4 is 0 Å². The quantitative estimate of drug-likeness (QED) is 0.481. The third kappa shape index (κ3) is 3.56. The lowest BCUT2D eigenvalue weighted by Crippen LogP contribution is -1.85. The Labute approximate surface area is 98.0 Å². The molecule has 1 aromatic rings. The van der Waals surface area contributed by atoms with Crippen molar-refractivity contribution < 1.29 is 0 Å². The van der Waals surface area contributed by atoms with Crippen LogP contribution in [-0.4, -0.2) is 0 Å². The van der Waals surface area contributed by atoms with Crippen molar-refractivity contribution in [3.63, 3.8) is 0 Å². The first-order valence-electron chi connectivity index (χ1n) is 6.11. The van der Waals surface area contributed by atoms with Crippen molar-refractivity contribution in [3.05, 3.63) is 65.4 Å². The van der Waals surface area contributed by atoms with Crippen molar-refractivity contribution in [1.82, 2.24) is 0 Å². The summed E-state index contributed by atoms with van der Waals surface area (Å²) in [7, 11) is 0. The topological polar surface area (TPSA) is 0 Å². The van der Waals surface area contributed by atoms with Crippen LogP contribution in [0.4, 0.5) is 0 Å². The highest BCUT2D eigenvalue weighted by Crippen LogP contribution is 2.13. The highest BCUT2D eigenvalue weighted by molar-refractivity contribution is 5.28. The van der Waals surface area contributed by atoms with Crippen LogP contribution in [0.2, 0.25) is 0 Å². The second kappa shape index (κ2) is 6.15. The second-order valence-corrected chi connectivity index (χ2v) is 4.24. The lowest BCUT2D eigenvalue weighted by Gasteiger charge is -2.01. The van der Waals surface area contributed by atoms with Crippen molar-refractivity contribution in [2.24, 2.45) is 0 Å². The van der Waals surface area contributed by atoms with Crippen molar-refractivity contribution in [2.75, 3.05) is 0 Å². The molecule has 16 heavy (non-hydrogen) atoms. The molecular weight excluding hydrogens is 192 g/mol. The Balaban J connectivity index is 1.59. The largest absolute Gasteiger partial charge is 0.117 e. The van der Waals surface area contributed by atoms with Crippen LogP contribution in [0.3, 0.4) is 0 Å². The van der Waals surface area contributed by atoms with Crippen LogP contribution in [0.25, 0.3) is 0 Å². The zero-order valence-corrected chi connectivity index (χ0v) is 9.65. The summed E-state index contributed by atoms with van der Waals surface area (Å²) in [6.45, 7) is 0. The number of benzene rings is 1. The Morgan fingerprint density at radius 3 is 2.44 bits per heavy atom. The van der Waals surface area contributed by atoms with Gasteiger partial charge in [-0.25, -0.2) is 0 Å². The molecule has 0 saturated heterocycles. The smallest absolute Gasteiger partial charge is 0.00601 e. The number of rotatable bonds is 6. The third-order valence-electron chi connectivity index (χ3n) is 2.92. The molecule has 1 aromatic carbocycles. The van der Waals surface area contributed by atoms with Gasteiger partial charge in [-0.05, 0) is 42.9 Å². The summed E-state index contributed by atoms with van der Waals surface area (Å²) in [5, 5.41) is 0. The molecule has 2 rings (SSSR count). The number of unbranched alkanes of at least 4 members (excludes halogenated alkanes) is 2. The van der Waals surface area contributed by atoms with E-state index in [1.54, 1.807) is 0 Å². The van der Waals surface area contributed by atoms with Gasteiger partial charge in [0.2, 0.25) is 0 Å². The molecule has 0 spiro atoms. The minimum Gasteiger partial charge on any atom is -0.117 e. The van der Waals surface area contributed by atoms with Gasteiger partial charge in [0.1, 0.15) is 0 Å². The van der Waals surface area contributed by atoms with Gasteiger partial charge < -0.3 is 0 Å². The van der Waals surface area contributed by atoms with E-state index in [2.05, 4.69) is 48.2 Å². The van der Waals surface area contributed by atoms with Gasteiger partial charge in [-0.2, -0.15) is 0 Å².